The van der Waals surface area contributed by atoms with Crippen LogP contribution in [0.3, 0.4) is 0 Å². The van der Waals surface area contributed by atoms with Gasteiger partial charge in [0.2, 0.25) is 0 Å². The van der Waals surface area contributed by atoms with Crippen molar-refractivity contribution >= 4 is 21.9 Å². The molecule has 2 saturated carbocycles. The maximum absolute atomic E-state index is 11.8. The molecule has 0 aromatic carbocycles. The van der Waals surface area contributed by atoms with Gasteiger partial charge in [0, 0.05) is 17.2 Å². The Kier molecular flexibility index (Phi) is 7.47. The number of hydrogen-bond donors (Lipinski definition) is 1. The molecule has 0 amide bonds. The molecule has 4 rings (SSSR count). The molecule has 8 atom stereocenters. The number of fused-ring (bicyclic) bond motifs is 4. The molecule has 206 valence electrons. The van der Waals surface area contributed by atoms with Crippen LogP contribution in [0.2, 0.25) is 0 Å². The summed E-state index contributed by atoms with van der Waals surface area (Å²) in [5.41, 5.74) is 3.85. The summed E-state index contributed by atoms with van der Waals surface area (Å²) >= 11 is 3.75. The molecule has 0 aromatic heterocycles. The summed E-state index contributed by atoms with van der Waals surface area (Å²) in [4.78, 5) is 12.0. The van der Waals surface area contributed by atoms with Gasteiger partial charge in [-0.3, -0.25) is 4.79 Å². The van der Waals surface area contributed by atoms with Gasteiger partial charge in [0.1, 0.15) is 6.10 Å². The highest BCUT2D eigenvalue weighted by Crippen LogP contribution is 2.72. The molecular formula is C32H53BrO3. The number of carbonyl (C=O) groups excluding carboxylic acids is 1. The van der Waals surface area contributed by atoms with Crippen LogP contribution >= 0.6 is 15.9 Å². The highest BCUT2D eigenvalue weighted by molar-refractivity contribution is 9.09. The van der Waals surface area contributed by atoms with Crippen molar-refractivity contribution in [3.8, 4) is 0 Å². The normalized spacial score (nSPS) is 41.7. The van der Waals surface area contributed by atoms with E-state index < -0.39 is 5.60 Å². The van der Waals surface area contributed by atoms with Gasteiger partial charge in [-0.2, -0.15) is 0 Å². The Bertz CT molecular complexity index is 900. The molecule has 4 aliphatic carbocycles. The van der Waals surface area contributed by atoms with Crippen LogP contribution in [-0.4, -0.2) is 27.6 Å². The second kappa shape index (κ2) is 9.39. The second-order valence-corrected chi connectivity index (χ2v) is 16.1. The van der Waals surface area contributed by atoms with E-state index in [2.05, 4.69) is 57.5 Å². The van der Waals surface area contributed by atoms with Crippen LogP contribution in [-0.2, 0) is 9.53 Å². The van der Waals surface area contributed by atoms with Gasteiger partial charge in [0.15, 0.2) is 0 Å². The molecule has 0 aliphatic heterocycles. The number of hydrogen-bond acceptors (Lipinski definition) is 3. The van der Waals surface area contributed by atoms with Crippen LogP contribution in [0.15, 0.2) is 11.1 Å². The van der Waals surface area contributed by atoms with Gasteiger partial charge in [-0.05, 0) is 112 Å². The van der Waals surface area contributed by atoms with E-state index in [1.807, 2.05) is 19.4 Å². The minimum Gasteiger partial charge on any atom is -0.462 e. The molecule has 0 saturated heterocycles. The summed E-state index contributed by atoms with van der Waals surface area (Å²) in [6, 6.07) is 0. The van der Waals surface area contributed by atoms with E-state index in [9.17, 15) is 9.90 Å². The first kappa shape index (κ1) is 28.7. The van der Waals surface area contributed by atoms with Crippen LogP contribution in [0.25, 0.3) is 0 Å². The van der Waals surface area contributed by atoms with Gasteiger partial charge in [-0.15, -0.1) is 0 Å². The summed E-state index contributed by atoms with van der Waals surface area (Å²) in [5, 5.41) is 10.4. The lowest BCUT2D eigenvalue weighted by atomic mass is 9.43. The maximum Gasteiger partial charge on any atom is 0.302 e. The predicted octanol–water partition coefficient (Wildman–Crippen LogP) is 8.62. The summed E-state index contributed by atoms with van der Waals surface area (Å²) in [7, 11) is 0. The number of rotatable bonds is 6. The van der Waals surface area contributed by atoms with Crippen molar-refractivity contribution in [3.05, 3.63) is 11.1 Å². The van der Waals surface area contributed by atoms with Crippen LogP contribution in [0.4, 0.5) is 0 Å². The first-order chi connectivity index (χ1) is 16.5. The van der Waals surface area contributed by atoms with Gasteiger partial charge in [-0.25, -0.2) is 0 Å². The number of esters is 1. The minimum absolute atomic E-state index is 0.0122. The van der Waals surface area contributed by atoms with Gasteiger partial charge in [-0.1, -0.05) is 68.6 Å². The fraction of sp³-hybridized carbons (Fsp3) is 0.906. The van der Waals surface area contributed by atoms with Crippen molar-refractivity contribution in [3.63, 3.8) is 0 Å². The predicted molar refractivity (Wildman–Crippen MR) is 152 cm³/mol. The molecule has 0 bridgehead atoms. The molecular weight excluding hydrogens is 512 g/mol. The molecule has 0 radical (unpaired) electrons. The quantitative estimate of drug-likeness (QED) is 0.199. The SMILES string of the molecule is CC(=O)O[C@H]1CC[C@]2(C)C3=C(CC[C@H]2C1(C)C)[C@]1(C)CC[C@H]([C@H](C)CC[C@@H](Br)C(C)(C)O)[C@@]1(C)CC3. The highest BCUT2D eigenvalue weighted by atomic mass is 79.9. The van der Waals surface area contributed by atoms with Crippen LogP contribution in [0.5, 0.6) is 0 Å². The van der Waals surface area contributed by atoms with Crippen molar-refractivity contribution in [1.29, 1.82) is 0 Å². The summed E-state index contributed by atoms with van der Waals surface area (Å²) < 4.78 is 5.87. The largest absolute Gasteiger partial charge is 0.462 e. The Morgan fingerprint density at radius 2 is 1.69 bits per heavy atom. The Balaban J connectivity index is 1.59. The zero-order valence-corrected chi connectivity index (χ0v) is 26.2. The number of aliphatic hydroxyl groups is 1. The van der Waals surface area contributed by atoms with E-state index in [-0.39, 0.29) is 27.7 Å². The van der Waals surface area contributed by atoms with Crippen LogP contribution in [0.1, 0.15) is 127 Å². The number of allylic oxidation sites excluding steroid dienone is 2. The van der Waals surface area contributed by atoms with Crippen LogP contribution < -0.4 is 0 Å². The zero-order chi connectivity index (χ0) is 26.9. The number of halogens is 1. The molecule has 0 aromatic rings. The Hall–Kier alpha value is -0.350. The fourth-order valence-corrected chi connectivity index (χ4v) is 10.3. The maximum atomic E-state index is 11.8. The molecule has 0 spiro atoms. The van der Waals surface area contributed by atoms with E-state index in [0.29, 0.717) is 22.7 Å². The smallest absolute Gasteiger partial charge is 0.302 e. The first-order valence-corrected chi connectivity index (χ1v) is 15.7. The average Bonchev–Trinajstić information content (AvgIpc) is 3.04. The first-order valence-electron chi connectivity index (χ1n) is 14.7. The molecule has 0 unspecified atom stereocenters. The summed E-state index contributed by atoms with van der Waals surface area (Å²) in [6.45, 7) is 20.4. The van der Waals surface area contributed by atoms with Gasteiger partial charge in [0.05, 0.1) is 5.60 Å². The number of carbonyl (C=O) groups is 1. The lowest BCUT2D eigenvalue weighted by molar-refractivity contribution is -0.167. The Labute approximate surface area is 229 Å². The average molecular weight is 566 g/mol. The van der Waals surface area contributed by atoms with Gasteiger partial charge < -0.3 is 9.84 Å². The molecule has 0 heterocycles. The van der Waals surface area contributed by atoms with Gasteiger partial charge >= 0.3 is 5.97 Å². The van der Waals surface area contributed by atoms with Crippen molar-refractivity contribution in [1.82, 2.24) is 0 Å². The topological polar surface area (TPSA) is 46.5 Å². The third-order valence-electron chi connectivity index (χ3n) is 12.4. The van der Waals surface area contributed by atoms with E-state index >= 15 is 0 Å². The molecule has 4 heteroatoms. The molecule has 4 aliphatic rings. The monoisotopic (exact) mass is 564 g/mol. The second-order valence-electron chi connectivity index (χ2n) is 15.0. The minimum atomic E-state index is -0.672. The third-order valence-corrected chi connectivity index (χ3v) is 14.0. The number of alkyl halides is 1. The lowest BCUT2D eigenvalue weighted by Crippen LogP contribution is -2.55. The third kappa shape index (κ3) is 4.37. The zero-order valence-electron chi connectivity index (χ0n) is 24.6. The standard InChI is InChI=1S/C32H53BrO3/c1-20(10-13-26(33)29(5,6)35)22-14-18-32(9)24-11-12-25-28(3,4)27(36-21(2)34)16-17-30(25,7)23(24)15-19-31(22,32)8/h20,22,25-27,35H,10-19H2,1-9H3/t20-,22-,25+,26-,27+,30-,31-,32+/m1/s1. The summed E-state index contributed by atoms with van der Waals surface area (Å²) in [5.74, 6) is 1.86. The fourth-order valence-electron chi connectivity index (χ4n) is 9.99. The molecule has 1 N–H and O–H groups in total. The molecule has 36 heavy (non-hydrogen) atoms. The lowest BCUT2D eigenvalue weighted by Gasteiger charge is -2.62. The van der Waals surface area contributed by atoms with Gasteiger partial charge in [0.25, 0.3) is 0 Å². The number of ether oxygens (including phenoxy) is 1. The van der Waals surface area contributed by atoms with Crippen molar-refractivity contribution < 1.29 is 14.6 Å². The van der Waals surface area contributed by atoms with Crippen molar-refractivity contribution in [2.75, 3.05) is 0 Å². The highest BCUT2D eigenvalue weighted by Gasteiger charge is 2.63. The summed E-state index contributed by atoms with van der Waals surface area (Å²) in [6.07, 6.45) is 12.0. The van der Waals surface area contributed by atoms with Crippen LogP contribution in [0, 0.1) is 39.4 Å². The van der Waals surface area contributed by atoms with E-state index in [4.69, 9.17) is 4.74 Å². The van der Waals surface area contributed by atoms with E-state index in [0.717, 1.165) is 25.2 Å². The van der Waals surface area contributed by atoms with E-state index in [1.165, 1.54) is 44.9 Å². The van der Waals surface area contributed by atoms with Crippen molar-refractivity contribution in [2.24, 2.45) is 39.4 Å². The molecule has 3 nitrogen and oxygen atoms in total. The van der Waals surface area contributed by atoms with E-state index in [1.54, 1.807) is 12.5 Å². The Morgan fingerprint density at radius 1 is 1.03 bits per heavy atom. The Morgan fingerprint density at radius 3 is 2.31 bits per heavy atom. The molecule has 2 fully saturated rings. The van der Waals surface area contributed by atoms with Crippen molar-refractivity contribution in [2.45, 2.75) is 143 Å².